The standard InChI is InChI=1S/C14H8Br2ClNO2/c15-13(9-1-5-11(17)6-2-9)14(16)10-3-7-12(8-4-10)18(19)20/h1-8H/b14-13+. The molecular weight excluding hydrogens is 409 g/mol. The van der Waals surface area contributed by atoms with E-state index in [0.717, 1.165) is 20.1 Å². The molecule has 2 aromatic carbocycles. The van der Waals surface area contributed by atoms with Crippen LogP contribution in [0.2, 0.25) is 5.02 Å². The number of hydrogen-bond donors (Lipinski definition) is 0. The Morgan fingerprint density at radius 1 is 0.900 bits per heavy atom. The summed E-state index contributed by atoms with van der Waals surface area (Å²) in [6.07, 6.45) is 0. The van der Waals surface area contributed by atoms with Crippen LogP contribution in [-0.2, 0) is 0 Å². The zero-order chi connectivity index (χ0) is 14.7. The van der Waals surface area contributed by atoms with Gasteiger partial charge in [-0.1, -0.05) is 23.7 Å². The van der Waals surface area contributed by atoms with Crippen molar-refractivity contribution >= 4 is 58.1 Å². The van der Waals surface area contributed by atoms with E-state index in [2.05, 4.69) is 31.9 Å². The highest BCUT2D eigenvalue weighted by Crippen LogP contribution is 2.36. The summed E-state index contributed by atoms with van der Waals surface area (Å²) in [5.74, 6) is 0. The predicted molar refractivity (Wildman–Crippen MR) is 89.2 cm³/mol. The molecule has 6 heteroatoms. The molecule has 0 heterocycles. The average Bonchev–Trinajstić information content (AvgIpc) is 2.46. The van der Waals surface area contributed by atoms with Crippen molar-refractivity contribution in [3.63, 3.8) is 0 Å². The molecule has 0 saturated carbocycles. The number of rotatable bonds is 3. The second kappa shape index (κ2) is 6.52. The second-order valence-corrected chi connectivity index (χ2v) is 5.96. The molecule has 0 radical (unpaired) electrons. The Kier molecular flexibility index (Phi) is 4.96. The van der Waals surface area contributed by atoms with Crippen LogP contribution in [0.25, 0.3) is 8.96 Å². The topological polar surface area (TPSA) is 43.1 Å². The van der Waals surface area contributed by atoms with Gasteiger partial charge in [-0.05, 0) is 67.3 Å². The van der Waals surface area contributed by atoms with Gasteiger partial charge in [0.2, 0.25) is 0 Å². The van der Waals surface area contributed by atoms with Gasteiger partial charge < -0.3 is 0 Å². The normalized spacial score (nSPS) is 11.9. The van der Waals surface area contributed by atoms with Gasteiger partial charge in [-0.3, -0.25) is 10.1 Å². The van der Waals surface area contributed by atoms with Gasteiger partial charge in [0.1, 0.15) is 0 Å². The molecule has 0 bridgehead atoms. The molecule has 0 aliphatic carbocycles. The molecule has 102 valence electrons. The number of nitro groups is 1. The van der Waals surface area contributed by atoms with E-state index in [1.165, 1.54) is 12.1 Å². The Morgan fingerprint density at radius 2 is 1.30 bits per heavy atom. The summed E-state index contributed by atoms with van der Waals surface area (Å²) in [6, 6.07) is 13.7. The number of hydrogen-bond acceptors (Lipinski definition) is 2. The van der Waals surface area contributed by atoms with E-state index in [1.54, 1.807) is 24.3 Å². The van der Waals surface area contributed by atoms with Crippen molar-refractivity contribution in [2.24, 2.45) is 0 Å². The van der Waals surface area contributed by atoms with Gasteiger partial charge in [0.15, 0.2) is 0 Å². The van der Waals surface area contributed by atoms with Crippen LogP contribution in [0.4, 0.5) is 5.69 Å². The molecule has 0 unspecified atom stereocenters. The van der Waals surface area contributed by atoms with Crippen molar-refractivity contribution < 1.29 is 4.92 Å². The fraction of sp³-hybridized carbons (Fsp3) is 0. The van der Waals surface area contributed by atoms with E-state index >= 15 is 0 Å². The van der Waals surface area contributed by atoms with E-state index in [1.807, 2.05) is 12.1 Å². The van der Waals surface area contributed by atoms with Crippen LogP contribution in [0, 0.1) is 10.1 Å². The molecule has 0 N–H and O–H groups in total. The maximum Gasteiger partial charge on any atom is 0.269 e. The molecule has 3 nitrogen and oxygen atoms in total. The summed E-state index contributed by atoms with van der Waals surface area (Å²) in [7, 11) is 0. The first-order valence-corrected chi connectivity index (χ1v) is 7.51. The van der Waals surface area contributed by atoms with Crippen LogP contribution in [0.5, 0.6) is 0 Å². The summed E-state index contributed by atoms with van der Waals surface area (Å²) in [4.78, 5) is 10.2. The maximum atomic E-state index is 10.6. The van der Waals surface area contributed by atoms with Crippen molar-refractivity contribution in [2.45, 2.75) is 0 Å². The van der Waals surface area contributed by atoms with E-state index in [-0.39, 0.29) is 5.69 Å². The first kappa shape index (κ1) is 15.2. The third-order valence-corrected chi connectivity index (χ3v) is 5.11. The molecule has 20 heavy (non-hydrogen) atoms. The molecule has 0 aromatic heterocycles. The number of halogens is 3. The summed E-state index contributed by atoms with van der Waals surface area (Å²) >= 11 is 12.9. The second-order valence-electron chi connectivity index (χ2n) is 3.94. The molecular formula is C14H8Br2ClNO2. The first-order valence-electron chi connectivity index (χ1n) is 5.55. The highest BCUT2D eigenvalue weighted by Gasteiger charge is 2.09. The molecule has 0 saturated heterocycles. The molecule has 0 aliphatic rings. The monoisotopic (exact) mass is 415 g/mol. The summed E-state index contributed by atoms with van der Waals surface area (Å²) in [6.45, 7) is 0. The largest absolute Gasteiger partial charge is 0.269 e. The third kappa shape index (κ3) is 3.48. The van der Waals surface area contributed by atoms with Crippen molar-refractivity contribution in [1.82, 2.24) is 0 Å². The van der Waals surface area contributed by atoms with Gasteiger partial charge in [-0.2, -0.15) is 0 Å². The number of nitro benzene ring substituents is 1. The van der Waals surface area contributed by atoms with Gasteiger partial charge in [-0.25, -0.2) is 0 Å². The summed E-state index contributed by atoms with van der Waals surface area (Å²) < 4.78 is 1.66. The molecule has 0 atom stereocenters. The van der Waals surface area contributed by atoms with E-state index in [4.69, 9.17) is 11.6 Å². The number of benzene rings is 2. The molecule has 0 fully saturated rings. The first-order chi connectivity index (χ1) is 9.49. The van der Waals surface area contributed by atoms with Crippen molar-refractivity contribution in [3.05, 3.63) is 74.8 Å². The maximum absolute atomic E-state index is 10.6. The van der Waals surface area contributed by atoms with E-state index < -0.39 is 4.92 Å². The highest BCUT2D eigenvalue weighted by molar-refractivity contribution is 9.18. The number of nitrogens with zero attached hydrogens (tertiary/aromatic N) is 1. The lowest BCUT2D eigenvalue weighted by Crippen LogP contribution is -1.88. The number of non-ortho nitro benzene ring substituents is 1. The van der Waals surface area contributed by atoms with Crippen LogP contribution < -0.4 is 0 Å². The minimum absolute atomic E-state index is 0.0664. The predicted octanol–water partition coefficient (Wildman–Crippen LogP) is 5.86. The molecule has 0 aliphatic heterocycles. The highest BCUT2D eigenvalue weighted by atomic mass is 79.9. The third-order valence-electron chi connectivity index (χ3n) is 2.62. The molecule has 0 spiro atoms. The lowest BCUT2D eigenvalue weighted by molar-refractivity contribution is -0.384. The quantitative estimate of drug-likeness (QED) is 0.356. The van der Waals surface area contributed by atoms with Gasteiger partial charge in [0.25, 0.3) is 5.69 Å². The van der Waals surface area contributed by atoms with Gasteiger partial charge in [0.05, 0.1) is 4.92 Å². The minimum Gasteiger partial charge on any atom is -0.258 e. The van der Waals surface area contributed by atoms with Crippen LogP contribution in [-0.4, -0.2) is 4.92 Å². The Bertz CT molecular complexity index is 667. The molecule has 0 amide bonds. The van der Waals surface area contributed by atoms with Gasteiger partial charge in [0, 0.05) is 26.1 Å². The van der Waals surface area contributed by atoms with Crippen molar-refractivity contribution in [1.29, 1.82) is 0 Å². The minimum atomic E-state index is -0.421. The average molecular weight is 417 g/mol. The van der Waals surface area contributed by atoms with Crippen molar-refractivity contribution in [2.75, 3.05) is 0 Å². The fourth-order valence-corrected chi connectivity index (χ4v) is 2.69. The van der Waals surface area contributed by atoms with Crippen LogP contribution in [0.15, 0.2) is 48.5 Å². The Hall–Kier alpha value is -1.17. The molecule has 2 rings (SSSR count). The van der Waals surface area contributed by atoms with Gasteiger partial charge in [-0.15, -0.1) is 0 Å². The van der Waals surface area contributed by atoms with Gasteiger partial charge >= 0.3 is 0 Å². The van der Waals surface area contributed by atoms with Crippen molar-refractivity contribution in [3.8, 4) is 0 Å². The summed E-state index contributed by atoms with van der Waals surface area (Å²) in [5.41, 5.74) is 1.87. The Labute approximate surface area is 137 Å². The zero-order valence-corrected chi connectivity index (χ0v) is 13.9. The van der Waals surface area contributed by atoms with E-state index in [0.29, 0.717) is 5.02 Å². The fourth-order valence-electron chi connectivity index (χ4n) is 1.58. The Morgan fingerprint density at radius 3 is 1.70 bits per heavy atom. The zero-order valence-electron chi connectivity index (χ0n) is 10.0. The van der Waals surface area contributed by atoms with Crippen LogP contribution >= 0.6 is 43.5 Å². The Balaban J connectivity index is 2.37. The lowest BCUT2D eigenvalue weighted by atomic mass is 10.1. The SMILES string of the molecule is O=[N+]([O-])c1ccc(/C(Br)=C(\Br)c2ccc(Cl)cc2)cc1. The van der Waals surface area contributed by atoms with E-state index in [9.17, 15) is 10.1 Å². The summed E-state index contributed by atoms with van der Waals surface area (Å²) in [5, 5.41) is 11.3. The van der Waals surface area contributed by atoms with Crippen LogP contribution in [0.1, 0.15) is 11.1 Å². The molecule has 2 aromatic rings. The van der Waals surface area contributed by atoms with Crippen LogP contribution in [0.3, 0.4) is 0 Å². The lowest BCUT2D eigenvalue weighted by Gasteiger charge is -2.05. The smallest absolute Gasteiger partial charge is 0.258 e.